The lowest BCUT2D eigenvalue weighted by Crippen LogP contribution is -1.85. The quantitative estimate of drug-likeness (QED) is 0.517. The molecule has 0 spiro atoms. The number of rotatable bonds is 2. The maximum Gasteiger partial charge on any atom is 0.178 e. The molecule has 0 aliphatic carbocycles. The van der Waals surface area contributed by atoms with Crippen LogP contribution in [0, 0.1) is 5.82 Å². The van der Waals surface area contributed by atoms with Crippen molar-refractivity contribution in [2.75, 3.05) is 0 Å². The van der Waals surface area contributed by atoms with Crippen LogP contribution in [0.4, 0.5) is 4.39 Å². The lowest BCUT2D eigenvalue weighted by atomic mass is 10.0. The van der Waals surface area contributed by atoms with Crippen molar-refractivity contribution in [3.05, 3.63) is 60.8 Å². The number of hydrogen-bond donors (Lipinski definition) is 2. The Kier molecular flexibility index (Phi) is 2.87. The maximum absolute atomic E-state index is 14.5. The van der Waals surface area contributed by atoms with Gasteiger partial charge in [0.15, 0.2) is 17.3 Å². The van der Waals surface area contributed by atoms with Gasteiger partial charge in [-0.1, -0.05) is 6.07 Å². The molecule has 120 valence electrons. The topological polar surface area (TPSA) is 83.1 Å². The van der Waals surface area contributed by atoms with Crippen LogP contribution < -0.4 is 0 Å². The summed E-state index contributed by atoms with van der Waals surface area (Å²) < 4.78 is 14.5. The summed E-state index contributed by atoms with van der Waals surface area (Å²) in [6.07, 6.45) is 5.06. The number of benzene rings is 1. The molecule has 0 radical (unpaired) electrons. The van der Waals surface area contributed by atoms with Crippen LogP contribution in [0.2, 0.25) is 0 Å². The lowest BCUT2D eigenvalue weighted by molar-refractivity contribution is 0.636. The van der Waals surface area contributed by atoms with E-state index in [1.54, 1.807) is 18.6 Å². The van der Waals surface area contributed by atoms with E-state index < -0.39 is 5.82 Å². The number of pyridine rings is 2. The van der Waals surface area contributed by atoms with Crippen LogP contribution >= 0.6 is 0 Å². The van der Waals surface area contributed by atoms with Crippen molar-refractivity contribution in [2.45, 2.75) is 0 Å². The van der Waals surface area contributed by atoms with E-state index in [4.69, 9.17) is 0 Å². The minimum atomic E-state index is -0.395. The number of hydrogen-bond acceptors (Lipinski definition) is 4. The first-order valence-corrected chi connectivity index (χ1v) is 7.69. The number of fused-ring (bicyclic) bond motifs is 2. The van der Waals surface area contributed by atoms with Crippen LogP contribution in [0.25, 0.3) is 44.7 Å². The summed E-state index contributed by atoms with van der Waals surface area (Å²) >= 11 is 0. The van der Waals surface area contributed by atoms with E-state index in [9.17, 15) is 4.39 Å². The third-order valence-corrected chi connectivity index (χ3v) is 4.10. The Morgan fingerprint density at radius 2 is 1.92 bits per heavy atom. The van der Waals surface area contributed by atoms with Gasteiger partial charge in [-0.05, 0) is 35.9 Å². The van der Waals surface area contributed by atoms with Gasteiger partial charge in [0.25, 0.3) is 0 Å². The van der Waals surface area contributed by atoms with E-state index in [2.05, 4.69) is 30.1 Å². The Bertz CT molecular complexity index is 1180. The second kappa shape index (κ2) is 5.20. The zero-order chi connectivity index (χ0) is 16.8. The van der Waals surface area contributed by atoms with Gasteiger partial charge in [0.1, 0.15) is 11.2 Å². The molecule has 5 aromatic rings. The average Bonchev–Trinajstić information content (AvgIpc) is 3.26. The van der Waals surface area contributed by atoms with Crippen molar-refractivity contribution in [3.8, 4) is 22.6 Å². The predicted octanol–water partition coefficient (Wildman–Crippen LogP) is 3.70. The molecule has 4 heterocycles. The van der Waals surface area contributed by atoms with Gasteiger partial charge in [-0.2, -0.15) is 5.10 Å². The van der Waals surface area contributed by atoms with Crippen LogP contribution in [0.3, 0.4) is 0 Å². The molecule has 25 heavy (non-hydrogen) atoms. The van der Waals surface area contributed by atoms with Crippen molar-refractivity contribution in [1.29, 1.82) is 0 Å². The molecular formula is C18H11FN6. The van der Waals surface area contributed by atoms with Gasteiger partial charge in [0, 0.05) is 29.5 Å². The molecule has 0 unspecified atom stereocenters. The highest BCUT2D eigenvalue weighted by molar-refractivity contribution is 5.95. The number of aromatic nitrogens is 6. The summed E-state index contributed by atoms with van der Waals surface area (Å²) in [6, 6.07) is 10.8. The van der Waals surface area contributed by atoms with Gasteiger partial charge in [-0.25, -0.2) is 14.4 Å². The molecule has 0 amide bonds. The molecule has 6 nitrogen and oxygen atoms in total. The maximum atomic E-state index is 14.5. The van der Waals surface area contributed by atoms with E-state index in [0.717, 1.165) is 16.6 Å². The van der Waals surface area contributed by atoms with Crippen LogP contribution in [0.1, 0.15) is 0 Å². The Morgan fingerprint density at radius 3 is 2.76 bits per heavy atom. The predicted molar refractivity (Wildman–Crippen MR) is 92.2 cm³/mol. The van der Waals surface area contributed by atoms with Crippen LogP contribution in [-0.2, 0) is 0 Å². The zero-order valence-corrected chi connectivity index (χ0v) is 12.9. The fourth-order valence-corrected chi connectivity index (χ4v) is 2.92. The first kappa shape index (κ1) is 13.8. The second-order valence-electron chi connectivity index (χ2n) is 5.65. The lowest BCUT2D eigenvalue weighted by Gasteiger charge is -2.02. The monoisotopic (exact) mass is 330 g/mol. The Morgan fingerprint density at radius 1 is 1.00 bits per heavy atom. The van der Waals surface area contributed by atoms with Crippen molar-refractivity contribution in [3.63, 3.8) is 0 Å². The molecule has 0 saturated heterocycles. The van der Waals surface area contributed by atoms with E-state index in [1.165, 1.54) is 6.07 Å². The molecular weight excluding hydrogens is 319 g/mol. The number of H-pyrrole nitrogens is 2. The largest absolute Gasteiger partial charge is 0.335 e. The Labute approximate surface area is 140 Å². The third kappa shape index (κ3) is 2.17. The SMILES string of the molecule is Fc1cc(-c2cccnc2)cc2c(-c3nc4ncccc4[nH]3)[nH]nc12. The Balaban J connectivity index is 1.75. The van der Waals surface area contributed by atoms with Gasteiger partial charge in [0.05, 0.1) is 5.52 Å². The molecule has 4 aromatic heterocycles. The highest BCUT2D eigenvalue weighted by Gasteiger charge is 2.16. The third-order valence-electron chi connectivity index (χ3n) is 4.10. The molecule has 0 atom stereocenters. The van der Waals surface area contributed by atoms with E-state index in [-0.39, 0.29) is 5.52 Å². The molecule has 0 aliphatic heterocycles. The summed E-state index contributed by atoms with van der Waals surface area (Å²) in [6.45, 7) is 0. The van der Waals surface area contributed by atoms with Crippen molar-refractivity contribution < 1.29 is 4.39 Å². The first-order chi connectivity index (χ1) is 12.3. The number of aromatic amines is 2. The molecule has 7 heteroatoms. The number of nitrogens with one attached hydrogen (secondary N) is 2. The molecule has 0 saturated carbocycles. The molecule has 0 bridgehead atoms. The van der Waals surface area contributed by atoms with Gasteiger partial charge >= 0.3 is 0 Å². The summed E-state index contributed by atoms with van der Waals surface area (Å²) in [4.78, 5) is 16.0. The summed E-state index contributed by atoms with van der Waals surface area (Å²) in [7, 11) is 0. The molecule has 2 N–H and O–H groups in total. The summed E-state index contributed by atoms with van der Waals surface area (Å²) in [5.41, 5.74) is 3.87. The average molecular weight is 330 g/mol. The van der Waals surface area contributed by atoms with Gasteiger partial charge < -0.3 is 4.98 Å². The highest BCUT2D eigenvalue weighted by atomic mass is 19.1. The normalized spacial score (nSPS) is 11.4. The Hall–Kier alpha value is -3.61. The highest BCUT2D eigenvalue weighted by Crippen LogP contribution is 2.31. The summed E-state index contributed by atoms with van der Waals surface area (Å²) in [5.74, 6) is 0.173. The van der Waals surface area contributed by atoms with E-state index in [0.29, 0.717) is 22.6 Å². The van der Waals surface area contributed by atoms with Crippen LogP contribution in [0.5, 0.6) is 0 Å². The number of nitrogens with zero attached hydrogens (tertiary/aromatic N) is 4. The summed E-state index contributed by atoms with van der Waals surface area (Å²) in [5, 5.41) is 7.64. The van der Waals surface area contributed by atoms with Crippen LogP contribution in [-0.4, -0.2) is 30.1 Å². The van der Waals surface area contributed by atoms with Crippen molar-refractivity contribution in [2.24, 2.45) is 0 Å². The smallest absolute Gasteiger partial charge is 0.178 e. The van der Waals surface area contributed by atoms with E-state index >= 15 is 0 Å². The second-order valence-corrected chi connectivity index (χ2v) is 5.65. The minimum Gasteiger partial charge on any atom is -0.335 e. The molecule has 0 aliphatic rings. The van der Waals surface area contributed by atoms with Crippen molar-refractivity contribution in [1.82, 2.24) is 30.1 Å². The first-order valence-electron chi connectivity index (χ1n) is 7.69. The number of halogens is 1. The van der Waals surface area contributed by atoms with E-state index in [1.807, 2.05) is 30.3 Å². The van der Waals surface area contributed by atoms with Gasteiger partial charge in [0.2, 0.25) is 0 Å². The fourth-order valence-electron chi connectivity index (χ4n) is 2.92. The van der Waals surface area contributed by atoms with Gasteiger partial charge in [-0.3, -0.25) is 10.1 Å². The molecule has 5 rings (SSSR count). The zero-order valence-electron chi connectivity index (χ0n) is 12.9. The standard InChI is InChI=1S/C18H11FN6/c19-13-8-11(10-3-1-5-20-9-10)7-12-15(13)24-25-16(12)18-22-14-4-2-6-21-17(14)23-18/h1-9H,(H,24,25)(H,21,22,23). The fraction of sp³-hybridized carbons (Fsp3) is 0. The molecule has 1 aromatic carbocycles. The van der Waals surface area contributed by atoms with Crippen molar-refractivity contribution >= 4 is 22.1 Å². The number of imidazole rings is 1. The van der Waals surface area contributed by atoms with Gasteiger partial charge in [-0.15, -0.1) is 0 Å². The van der Waals surface area contributed by atoms with Crippen LogP contribution in [0.15, 0.2) is 55.0 Å². The molecule has 0 fully saturated rings. The minimum absolute atomic E-state index is 0.274.